The van der Waals surface area contributed by atoms with Crippen LogP contribution in [0.5, 0.6) is 0 Å². The number of aryl methyl sites for hydroxylation is 1. The lowest BCUT2D eigenvalue weighted by atomic mass is 9.98. The molecular weight excluding hydrogens is 323 g/mol. The van der Waals surface area contributed by atoms with Crippen LogP contribution in [0.2, 0.25) is 0 Å². The molecule has 1 heterocycles. The van der Waals surface area contributed by atoms with Gasteiger partial charge in [-0.3, -0.25) is 4.68 Å². The van der Waals surface area contributed by atoms with Gasteiger partial charge in [-0.1, -0.05) is 30.3 Å². The van der Waals surface area contributed by atoms with Crippen LogP contribution in [0.1, 0.15) is 17.4 Å². The molecule has 0 fully saturated rings. The summed E-state index contributed by atoms with van der Waals surface area (Å²) >= 11 is 3.38. The van der Waals surface area contributed by atoms with Gasteiger partial charge in [0.2, 0.25) is 0 Å². The third-order valence-electron chi connectivity index (χ3n) is 3.40. The highest BCUT2D eigenvalue weighted by Crippen LogP contribution is 2.33. The first-order chi connectivity index (χ1) is 9.59. The fourth-order valence-electron chi connectivity index (χ4n) is 2.40. The van der Waals surface area contributed by atoms with Crippen molar-refractivity contribution >= 4 is 26.7 Å². The molecule has 0 aliphatic rings. The van der Waals surface area contributed by atoms with E-state index in [-0.39, 0.29) is 5.82 Å². The molecule has 2 aromatic carbocycles. The zero-order chi connectivity index (χ0) is 14.3. The van der Waals surface area contributed by atoms with Gasteiger partial charge in [-0.2, -0.15) is 5.10 Å². The van der Waals surface area contributed by atoms with Gasteiger partial charge < -0.3 is 5.11 Å². The molecule has 102 valence electrons. The summed E-state index contributed by atoms with van der Waals surface area (Å²) in [6, 6.07) is 10.1. The average Bonchev–Trinajstić information content (AvgIpc) is 2.78. The Labute approximate surface area is 123 Å². The van der Waals surface area contributed by atoms with Crippen molar-refractivity contribution in [3.63, 3.8) is 0 Å². The van der Waals surface area contributed by atoms with Crippen LogP contribution < -0.4 is 0 Å². The fourth-order valence-corrected chi connectivity index (χ4v) is 2.96. The Balaban J connectivity index is 2.23. The molecular formula is C15H12BrFN2O. The predicted molar refractivity (Wildman–Crippen MR) is 78.9 cm³/mol. The van der Waals surface area contributed by atoms with Crippen molar-refractivity contribution in [3.05, 3.63) is 64.1 Å². The van der Waals surface area contributed by atoms with Crippen molar-refractivity contribution in [3.8, 4) is 0 Å². The van der Waals surface area contributed by atoms with Gasteiger partial charge >= 0.3 is 0 Å². The molecule has 0 saturated carbocycles. The number of rotatable bonds is 2. The summed E-state index contributed by atoms with van der Waals surface area (Å²) in [5.74, 6) is -0.291. The second-order valence-corrected chi connectivity index (χ2v) is 5.44. The topological polar surface area (TPSA) is 38.0 Å². The summed E-state index contributed by atoms with van der Waals surface area (Å²) in [6.45, 7) is 0. The molecule has 0 radical (unpaired) electrons. The van der Waals surface area contributed by atoms with Crippen molar-refractivity contribution in [2.45, 2.75) is 6.10 Å². The highest BCUT2D eigenvalue weighted by atomic mass is 79.9. The quantitative estimate of drug-likeness (QED) is 0.778. The smallest absolute Gasteiger partial charge is 0.131 e. The molecule has 1 unspecified atom stereocenters. The van der Waals surface area contributed by atoms with Crippen LogP contribution in [0, 0.1) is 5.82 Å². The van der Waals surface area contributed by atoms with Gasteiger partial charge in [-0.05, 0) is 32.9 Å². The van der Waals surface area contributed by atoms with Crippen LogP contribution in [0.4, 0.5) is 4.39 Å². The highest BCUT2D eigenvalue weighted by molar-refractivity contribution is 9.10. The first-order valence-corrected chi connectivity index (χ1v) is 6.91. The van der Waals surface area contributed by atoms with Crippen LogP contribution in [0.15, 0.2) is 47.1 Å². The highest BCUT2D eigenvalue weighted by Gasteiger charge is 2.20. The molecule has 20 heavy (non-hydrogen) atoms. The van der Waals surface area contributed by atoms with Gasteiger partial charge in [-0.15, -0.1) is 0 Å². The van der Waals surface area contributed by atoms with Crippen molar-refractivity contribution in [1.82, 2.24) is 9.78 Å². The van der Waals surface area contributed by atoms with E-state index in [0.717, 1.165) is 4.47 Å². The van der Waals surface area contributed by atoms with Crippen molar-refractivity contribution < 1.29 is 9.50 Å². The Bertz CT molecular complexity index is 765. The van der Waals surface area contributed by atoms with E-state index in [1.54, 1.807) is 42.2 Å². The van der Waals surface area contributed by atoms with E-state index in [4.69, 9.17) is 0 Å². The Morgan fingerprint density at radius 2 is 1.90 bits per heavy atom. The van der Waals surface area contributed by atoms with Crippen LogP contribution in [0.3, 0.4) is 0 Å². The van der Waals surface area contributed by atoms with Crippen molar-refractivity contribution in [2.75, 3.05) is 0 Å². The number of hydrogen-bond acceptors (Lipinski definition) is 2. The molecule has 1 aromatic heterocycles. The number of hydrogen-bond donors (Lipinski definition) is 1. The van der Waals surface area contributed by atoms with Gasteiger partial charge in [0.1, 0.15) is 11.9 Å². The Hall–Kier alpha value is -1.72. The number of aliphatic hydroxyl groups excluding tert-OH is 1. The molecule has 0 spiro atoms. The Morgan fingerprint density at radius 1 is 1.20 bits per heavy atom. The number of halogens is 2. The second kappa shape index (κ2) is 5.00. The van der Waals surface area contributed by atoms with E-state index in [1.807, 2.05) is 6.07 Å². The molecule has 0 aliphatic carbocycles. The maximum Gasteiger partial charge on any atom is 0.131 e. The normalized spacial score (nSPS) is 12.8. The third kappa shape index (κ3) is 2.03. The molecule has 1 atom stereocenters. The monoisotopic (exact) mass is 334 g/mol. The number of fused-ring (bicyclic) bond motifs is 1. The number of nitrogens with zero attached hydrogens (tertiary/aromatic N) is 2. The van der Waals surface area contributed by atoms with Gasteiger partial charge in [0.15, 0.2) is 0 Å². The van der Waals surface area contributed by atoms with Gasteiger partial charge in [0, 0.05) is 12.4 Å². The average molecular weight is 335 g/mol. The van der Waals surface area contributed by atoms with E-state index >= 15 is 0 Å². The van der Waals surface area contributed by atoms with E-state index in [0.29, 0.717) is 22.0 Å². The molecule has 3 rings (SSSR count). The molecule has 0 aliphatic heterocycles. The lowest BCUT2D eigenvalue weighted by Gasteiger charge is -2.15. The maximum atomic E-state index is 13.8. The summed E-state index contributed by atoms with van der Waals surface area (Å²) in [5.41, 5.74) is 1.30. The first kappa shape index (κ1) is 13.3. The van der Waals surface area contributed by atoms with Gasteiger partial charge in [0.05, 0.1) is 16.4 Å². The number of aliphatic hydroxyl groups is 1. The minimum Gasteiger partial charge on any atom is -0.382 e. The zero-order valence-corrected chi connectivity index (χ0v) is 12.3. The number of benzene rings is 2. The Morgan fingerprint density at radius 3 is 2.55 bits per heavy atom. The zero-order valence-electron chi connectivity index (χ0n) is 10.7. The molecule has 3 nitrogen and oxygen atoms in total. The molecule has 0 amide bonds. The number of aromatic nitrogens is 2. The fraction of sp³-hybridized carbons (Fsp3) is 0.133. The first-order valence-electron chi connectivity index (χ1n) is 6.12. The second-order valence-electron chi connectivity index (χ2n) is 4.59. The summed E-state index contributed by atoms with van der Waals surface area (Å²) in [6.07, 6.45) is 0.756. The minimum absolute atomic E-state index is 0.291. The van der Waals surface area contributed by atoms with Crippen molar-refractivity contribution in [2.24, 2.45) is 7.05 Å². The summed E-state index contributed by atoms with van der Waals surface area (Å²) in [5, 5.41) is 15.9. The SMILES string of the molecule is Cn1ncc(Br)c1C(O)c1ccc(F)c2ccccc12. The molecule has 0 saturated heterocycles. The summed E-state index contributed by atoms with van der Waals surface area (Å²) < 4.78 is 16.1. The Kier molecular flexibility index (Phi) is 3.31. The summed E-state index contributed by atoms with van der Waals surface area (Å²) in [4.78, 5) is 0. The van der Waals surface area contributed by atoms with Crippen LogP contribution in [0.25, 0.3) is 10.8 Å². The van der Waals surface area contributed by atoms with E-state index in [2.05, 4.69) is 21.0 Å². The van der Waals surface area contributed by atoms with E-state index < -0.39 is 6.10 Å². The van der Waals surface area contributed by atoms with Crippen LogP contribution >= 0.6 is 15.9 Å². The molecule has 5 heteroatoms. The lowest BCUT2D eigenvalue weighted by molar-refractivity contribution is 0.210. The molecule has 3 aromatic rings. The van der Waals surface area contributed by atoms with Crippen LogP contribution in [-0.4, -0.2) is 14.9 Å². The standard InChI is InChI=1S/C15H12BrFN2O/c1-19-14(12(16)8-18-19)15(20)11-6-7-13(17)10-5-3-2-4-9(10)11/h2-8,15,20H,1H3. The summed E-state index contributed by atoms with van der Waals surface area (Å²) in [7, 11) is 1.76. The van der Waals surface area contributed by atoms with Crippen molar-refractivity contribution in [1.29, 1.82) is 0 Å². The third-order valence-corrected chi connectivity index (χ3v) is 4.01. The predicted octanol–water partition coefficient (Wildman–Crippen LogP) is 3.56. The van der Waals surface area contributed by atoms with E-state index in [9.17, 15) is 9.50 Å². The molecule has 1 N–H and O–H groups in total. The van der Waals surface area contributed by atoms with E-state index in [1.165, 1.54) is 6.07 Å². The van der Waals surface area contributed by atoms with Crippen LogP contribution in [-0.2, 0) is 7.05 Å². The minimum atomic E-state index is -0.873. The largest absolute Gasteiger partial charge is 0.382 e. The lowest BCUT2D eigenvalue weighted by Crippen LogP contribution is -2.08. The van der Waals surface area contributed by atoms with Gasteiger partial charge in [0.25, 0.3) is 0 Å². The van der Waals surface area contributed by atoms with Gasteiger partial charge in [-0.25, -0.2) is 4.39 Å². The molecule has 0 bridgehead atoms. The maximum absolute atomic E-state index is 13.8.